The molecule has 160 valence electrons. The van der Waals surface area contributed by atoms with Gasteiger partial charge < -0.3 is 9.84 Å². The van der Waals surface area contributed by atoms with E-state index in [0.717, 1.165) is 19.4 Å². The maximum Gasteiger partial charge on any atom is 0.213 e. The Morgan fingerprint density at radius 3 is 2.58 bits per heavy atom. The fourth-order valence-corrected chi connectivity index (χ4v) is 5.22. The predicted octanol–water partition coefficient (Wildman–Crippen LogP) is 5.12. The predicted molar refractivity (Wildman–Crippen MR) is 123 cm³/mol. The summed E-state index contributed by atoms with van der Waals surface area (Å²) in [4.78, 5) is 7.10. The lowest BCUT2D eigenvalue weighted by Crippen LogP contribution is -2.25. The lowest BCUT2D eigenvalue weighted by Gasteiger charge is -2.34. The molecule has 1 fully saturated rings. The molecular weight excluding hydrogens is 384 g/mol. The first kappa shape index (κ1) is 20.1. The molecule has 2 atom stereocenters. The highest BCUT2D eigenvalue weighted by molar-refractivity contribution is 5.47. The van der Waals surface area contributed by atoms with E-state index in [1.165, 1.54) is 48.2 Å². The van der Waals surface area contributed by atoms with Crippen LogP contribution in [0, 0.1) is 0 Å². The maximum atomic E-state index is 9.99. The van der Waals surface area contributed by atoms with Gasteiger partial charge in [-0.1, -0.05) is 42.5 Å². The topological polar surface area (TPSA) is 45.6 Å². The number of ether oxygens (including phenoxy) is 1. The molecule has 2 aliphatic rings. The second-order valence-corrected chi connectivity index (χ2v) is 8.74. The summed E-state index contributed by atoms with van der Waals surface area (Å²) in [5.74, 6) is 1.65. The summed E-state index contributed by atoms with van der Waals surface area (Å²) in [5, 5.41) is 9.99. The SMILES string of the molecule is Oc1ccc2c(c1)CC[C@H](c1ccccc1)[C@@H]2c1ccc(OCCN2CCCC2)nc1. The molecule has 2 heterocycles. The van der Waals surface area contributed by atoms with Crippen LogP contribution in [0.25, 0.3) is 0 Å². The van der Waals surface area contributed by atoms with Crippen molar-refractivity contribution in [2.24, 2.45) is 0 Å². The Kier molecular flexibility index (Phi) is 5.90. The molecule has 1 aliphatic carbocycles. The molecule has 0 bridgehead atoms. The van der Waals surface area contributed by atoms with Gasteiger partial charge in [0.1, 0.15) is 12.4 Å². The highest BCUT2D eigenvalue weighted by atomic mass is 16.5. The first-order valence-electron chi connectivity index (χ1n) is 11.5. The number of pyridine rings is 1. The molecule has 1 N–H and O–H groups in total. The third-order valence-corrected chi connectivity index (χ3v) is 6.79. The Balaban J connectivity index is 1.38. The monoisotopic (exact) mass is 414 g/mol. The van der Waals surface area contributed by atoms with Crippen molar-refractivity contribution in [3.8, 4) is 11.6 Å². The van der Waals surface area contributed by atoms with Crippen LogP contribution in [-0.4, -0.2) is 41.2 Å². The first-order chi connectivity index (χ1) is 15.3. The number of likely N-dealkylation sites (tertiary alicyclic amines) is 1. The minimum Gasteiger partial charge on any atom is -0.508 e. The molecule has 2 aromatic carbocycles. The molecular formula is C27H30N2O2. The highest BCUT2D eigenvalue weighted by Gasteiger charge is 2.32. The van der Waals surface area contributed by atoms with Crippen molar-refractivity contribution in [2.75, 3.05) is 26.2 Å². The van der Waals surface area contributed by atoms with Crippen LogP contribution in [0.15, 0.2) is 66.9 Å². The Morgan fingerprint density at radius 1 is 0.968 bits per heavy atom. The summed E-state index contributed by atoms with van der Waals surface area (Å²) in [6.07, 6.45) is 6.62. The zero-order valence-corrected chi connectivity index (χ0v) is 17.9. The van der Waals surface area contributed by atoms with Crippen LogP contribution in [-0.2, 0) is 6.42 Å². The Bertz CT molecular complexity index is 998. The second kappa shape index (κ2) is 9.11. The number of phenols is 1. The number of hydrogen-bond donors (Lipinski definition) is 1. The van der Waals surface area contributed by atoms with Crippen molar-refractivity contribution < 1.29 is 9.84 Å². The largest absolute Gasteiger partial charge is 0.508 e. The lowest BCUT2D eigenvalue weighted by atomic mass is 9.69. The number of aromatic nitrogens is 1. The first-order valence-corrected chi connectivity index (χ1v) is 11.5. The normalized spacial score (nSPS) is 21.0. The molecule has 0 unspecified atom stereocenters. The van der Waals surface area contributed by atoms with Gasteiger partial charge in [-0.05, 0) is 79.1 Å². The van der Waals surface area contributed by atoms with Crippen molar-refractivity contribution in [1.82, 2.24) is 9.88 Å². The van der Waals surface area contributed by atoms with E-state index in [4.69, 9.17) is 4.74 Å². The standard InChI is InChI=1S/C27H30N2O2/c30-23-10-12-25-21(18-23)8-11-24(20-6-2-1-3-7-20)27(25)22-9-13-26(28-19-22)31-17-16-29-14-4-5-15-29/h1-3,6-7,9-10,12-13,18-19,24,27,30H,4-5,8,11,14-17H2/t24-,27+/m1/s1. The Morgan fingerprint density at radius 2 is 1.81 bits per heavy atom. The van der Waals surface area contributed by atoms with E-state index in [0.29, 0.717) is 24.2 Å². The summed E-state index contributed by atoms with van der Waals surface area (Å²) in [6.45, 7) is 4.03. The average molecular weight is 415 g/mol. The molecule has 4 nitrogen and oxygen atoms in total. The van der Waals surface area contributed by atoms with E-state index in [9.17, 15) is 5.11 Å². The van der Waals surface area contributed by atoms with E-state index >= 15 is 0 Å². The van der Waals surface area contributed by atoms with Crippen molar-refractivity contribution in [2.45, 2.75) is 37.5 Å². The average Bonchev–Trinajstić information content (AvgIpc) is 3.33. The summed E-state index contributed by atoms with van der Waals surface area (Å²) in [6, 6.07) is 20.8. The zero-order chi connectivity index (χ0) is 21.0. The van der Waals surface area contributed by atoms with Gasteiger partial charge in [-0.2, -0.15) is 0 Å². The van der Waals surface area contributed by atoms with Gasteiger partial charge >= 0.3 is 0 Å². The van der Waals surface area contributed by atoms with Crippen LogP contribution in [0.5, 0.6) is 11.6 Å². The fourth-order valence-electron chi connectivity index (χ4n) is 5.22. The van der Waals surface area contributed by atoms with Gasteiger partial charge in [-0.3, -0.25) is 4.90 Å². The molecule has 31 heavy (non-hydrogen) atoms. The van der Waals surface area contributed by atoms with Gasteiger partial charge in [0.05, 0.1) is 0 Å². The van der Waals surface area contributed by atoms with Crippen LogP contribution >= 0.6 is 0 Å². The molecule has 1 aromatic heterocycles. The van der Waals surface area contributed by atoms with E-state index in [1.54, 1.807) is 0 Å². The summed E-state index contributed by atoms with van der Waals surface area (Å²) >= 11 is 0. The van der Waals surface area contributed by atoms with Crippen LogP contribution < -0.4 is 4.74 Å². The number of aryl methyl sites for hydroxylation is 1. The number of rotatable bonds is 6. The third kappa shape index (κ3) is 4.45. The van der Waals surface area contributed by atoms with E-state index in [1.807, 2.05) is 24.4 Å². The van der Waals surface area contributed by atoms with E-state index in [2.05, 4.69) is 52.3 Å². The molecule has 0 saturated carbocycles. The summed E-state index contributed by atoms with van der Waals surface area (Å²) in [5.41, 5.74) is 5.09. The Labute approximate surface area is 184 Å². The molecule has 5 rings (SSSR count). The van der Waals surface area contributed by atoms with Gasteiger partial charge in [0, 0.05) is 24.7 Å². The van der Waals surface area contributed by atoms with Crippen LogP contribution in [0.1, 0.15) is 53.4 Å². The molecule has 0 radical (unpaired) electrons. The molecule has 4 heteroatoms. The van der Waals surface area contributed by atoms with Crippen LogP contribution in [0.2, 0.25) is 0 Å². The van der Waals surface area contributed by atoms with E-state index in [-0.39, 0.29) is 5.92 Å². The van der Waals surface area contributed by atoms with Gasteiger partial charge in [0.2, 0.25) is 5.88 Å². The molecule has 0 spiro atoms. The number of aromatic hydroxyl groups is 1. The quantitative estimate of drug-likeness (QED) is 0.608. The minimum absolute atomic E-state index is 0.220. The smallest absolute Gasteiger partial charge is 0.213 e. The van der Waals surface area contributed by atoms with Gasteiger partial charge in [-0.15, -0.1) is 0 Å². The van der Waals surface area contributed by atoms with Crippen molar-refractivity contribution in [3.05, 3.63) is 89.1 Å². The minimum atomic E-state index is 0.220. The maximum absolute atomic E-state index is 9.99. The van der Waals surface area contributed by atoms with Crippen molar-refractivity contribution in [1.29, 1.82) is 0 Å². The third-order valence-electron chi connectivity index (χ3n) is 6.79. The summed E-state index contributed by atoms with van der Waals surface area (Å²) < 4.78 is 5.92. The second-order valence-electron chi connectivity index (χ2n) is 8.74. The molecule has 1 saturated heterocycles. The number of benzene rings is 2. The fraction of sp³-hybridized carbons (Fsp3) is 0.370. The van der Waals surface area contributed by atoms with Crippen LogP contribution in [0.4, 0.5) is 0 Å². The number of phenolic OH excluding ortho intramolecular Hbond substituents is 1. The van der Waals surface area contributed by atoms with E-state index < -0.39 is 0 Å². The van der Waals surface area contributed by atoms with Crippen molar-refractivity contribution in [3.63, 3.8) is 0 Å². The number of fused-ring (bicyclic) bond motifs is 1. The molecule has 0 amide bonds. The number of nitrogens with zero attached hydrogens (tertiary/aromatic N) is 2. The summed E-state index contributed by atoms with van der Waals surface area (Å²) in [7, 11) is 0. The molecule has 1 aliphatic heterocycles. The number of hydrogen-bond acceptors (Lipinski definition) is 4. The lowest BCUT2D eigenvalue weighted by molar-refractivity contribution is 0.232. The zero-order valence-electron chi connectivity index (χ0n) is 17.9. The van der Waals surface area contributed by atoms with Gasteiger partial charge in [-0.25, -0.2) is 4.98 Å². The van der Waals surface area contributed by atoms with Crippen molar-refractivity contribution >= 4 is 0 Å². The van der Waals surface area contributed by atoms with Gasteiger partial charge in [0.25, 0.3) is 0 Å². The van der Waals surface area contributed by atoms with Crippen LogP contribution in [0.3, 0.4) is 0 Å². The molecule has 3 aromatic rings. The van der Waals surface area contributed by atoms with Gasteiger partial charge in [0.15, 0.2) is 0 Å². The highest BCUT2D eigenvalue weighted by Crippen LogP contribution is 2.46. The Hall–Kier alpha value is -2.85.